The van der Waals surface area contributed by atoms with Crippen molar-refractivity contribution in [3.8, 4) is 0 Å². The van der Waals surface area contributed by atoms with Gasteiger partial charge in [0.1, 0.15) is 5.82 Å². The van der Waals surface area contributed by atoms with Crippen LogP contribution in [-0.2, 0) is 6.54 Å². The zero-order chi connectivity index (χ0) is 11.5. The first kappa shape index (κ1) is 11.0. The molecule has 0 spiro atoms. The molecule has 2 N–H and O–H groups in total. The molecule has 0 bridgehead atoms. The number of hydrogen-bond donors (Lipinski definition) is 2. The largest absolute Gasteiger partial charge is 0.379 e. The summed E-state index contributed by atoms with van der Waals surface area (Å²) in [7, 11) is 0. The molecular weight excluding hydrogens is 222 g/mol. The van der Waals surface area contributed by atoms with Gasteiger partial charge in [-0.2, -0.15) is 0 Å². The second-order valence-corrected chi connectivity index (χ2v) is 4.24. The van der Waals surface area contributed by atoms with Gasteiger partial charge in [-0.15, -0.1) is 0 Å². The molecule has 1 aromatic carbocycles. The second kappa shape index (κ2) is 4.58. The van der Waals surface area contributed by atoms with Crippen molar-refractivity contribution in [1.29, 1.82) is 0 Å². The number of benzene rings is 1. The number of rotatable bonds is 3. The molecule has 16 heavy (non-hydrogen) atoms. The van der Waals surface area contributed by atoms with Crippen molar-refractivity contribution in [2.75, 3.05) is 5.32 Å². The number of aryl methyl sites for hydroxylation is 2. The summed E-state index contributed by atoms with van der Waals surface area (Å²) in [6.45, 7) is 4.72. The summed E-state index contributed by atoms with van der Waals surface area (Å²) in [4.78, 5) is 7.33. The van der Waals surface area contributed by atoms with Crippen molar-refractivity contribution in [2.24, 2.45) is 0 Å². The van der Waals surface area contributed by atoms with Gasteiger partial charge >= 0.3 is 0 Å². The number of hydrogen-bond acceptors (Lipinski definition) is 2. The quantitative estimate of drug-likeness (QED) is 0.857. The van der Waals surface area contributed by atoms with Crippen LogP contribution >= 0.6 is 11.6 Å². The van der Waals surface area contributed by atoms with E-state index in [2.05, 4.69) is 15.3 Å². The first-order valence-electron chi connectivity index (χ1n) is 5.15. The Labute approximate surface area is 99.9 Å². The molecule has 4 heteroatoms. The van der Waals surface area contributed by atoms with E-state index < -0.39 is 0 Å². The molecule has 0 aliphatic carbocycles. The minimum atomic E-state index is 0.739. The highest BCUT2D eigenvalue weighted by atomic mass is 35.5. The molecule has 84 valence electrons. The maximum absolute atomic E-state index is 5.89. The molecule has 1 heterocycles. The minimum Gasteiger partial charge on any atom is -0.379 e. The lowest BCUT2D eigenvalue weighted by Crippen LogP contribution is -2.01. The van der Waals surface area contributed by atoms with Gasteiger partial charge in [-0.1, -0.05) is 11.6 Å². The van der Waals surface area contributed by atoms with E-state index in [1.807, 2.05) is 38.2 Å². The average molecular weight is 236 g/mol. The van der Waals surface area contributed by atoms with E-state index >= 15 is 0 Å². The standard InChI is InChI=1S/C12H14ClN3/c1-8-5-10(13)3-4-12(8)15-7-11-6-14-9(2)16-11/h3-6,15H,7H2,1-2H3,(H,14,16). The molecule has 2 rings (SSSR count). The van der Waals surface area contributed by atoms with Crippen molar-refractivity contribution >= 4 is 17.3 Å². The fourth-order valence-electron chi connectivity index (χ4n) is 1.58. The Morgan fingerprint density at radius 2 is 2.19 bits per heavy atom. The van der Waals surface area contributed by atoms with Crippen LogP contribution in [0.1, 0.15) is 17.1 Å². The van der Waals surface area contributed by atoms with Crippen LogP contribution in [0.4, 0.5) is 5.69 Å². The third kappa shape index (κ3) is 2.55. The molecule has 0 fully saturated rings. The highest BCUT2D eigenvalue weighted by Crippen LogP contribution is 2.19. The predicted molar refractivity (Wildman–Crippen MR) is 66.8 cm³/mol. The van der Waals surface area contributed by atoms with Crippen LogP contribution in [0.5, 0.6) is 0 Å². The SMILES string of the molecule is Cc1ncc(CNc2ccc(Cl)cc2C)[nH]1. The van der Waals surface area contributed by atoms with E-state index in [9.17, 15) is 0 Å². The Morgan fingerprint density at radius 3 is 2.81 bits per heavy atom. The molecule has 0 atom stereocenters. The summed E-state index contributed by atoms with van der Waals surface area (Å²) in [5, 5.41) is 4.10. The van der Waals surface area contributed by atoms with Crippen molar-refractivity contribution in [1.82, 2.24) is 9.97 Å². The van der Waals surface area contributed by atoms with Crippen molar-refractivity contribution < 1.29 is 0 Å². The number of aromatic amines is 1. The topological polar surface area (TPSA) is 40.7 Å². The Bertz CT molecular complexity index is 491. The number of H-pyrrole nitrogens is 1. The van der Waals surface area contributed by atoms with E-state index in [0.29, 0.717) is 0 Å². The van der Waals surface area contributed by atoms with Crippen molar-refractivity contribution in [3.05, 3.63) is 46.5 Å². The number of nitrogens with zero attached hydrogens (tertiary/aromatic N) is 1. The second-order valence-electron chi connectivity index (χ2n) is 3.81. The lowest BCUT2D eigenvalue weighted by Gasteiger charge is -2.08. The van der Waals surface area contributed by atoms with Gasteiger partial charge in [-0.05, 0) is 37.6 Å². The third-order valence-corrected chi connectivity index (χ3v) is 2.65. The number of anilines is 1. The zero-order valence-corrected chi connectivity index (χ0v) is 10.1. The van der Waals surface area contributed by atoms with Crippen LogP contribution in [0.2, 0.25) is 5.02 Å². The van der Waals surface area contributed by atoms with E-state index in [1.165, 1.54) is 0 Å². The number of imidazole rings is 1. The zero-order valence-electron chi connectivity index (χ0n) is 9.34. The van der Waals surface area contributed by atoms with Gasteiger partial charge < -0.3 is 10.3 Å². The molecule has 0 saturated carbocycles. The molecule has 0 saturated heterocycles. The third-order valence-electron chi connectivity index (χ3n) is 2.41. The highest BCUT2D eigenvalue weighted by molar-refractivity contribution is 6.30. The molecule has 0 amide bonds. The molecule has 1 aromatic heterocycles. The maximum atomic E-state index is 5.89. The molecule has 0 aliphatic heterocycles. The summed E-state index contributed by atoms with van der Waals surface area (Å²) in [6.07, 6.45) is 1.84. The Balaban J connectivity index is 2.04. The van der Waals surface area contributed by atoms with Gasteiger partial charge in [0, 0.05) is 10.7 Å². The average Bonchev–Trinajstić information content (AvgIpc) is 2.63. The molecular formula is C12H14ClN3. The van der Waals surface area contributed by atoms with Crippen LogP contribution in [0, 0.1) is 13.8 Å². The molecule has 0 unspecified atom stereocenters. The lowest BCUT2D eigenvalue weighted by molar-refractivity contribution is 1.04. The fourth-order valence-corrected chi connectivity index (χ4v) is 1.80. The summed E-state index contributed by atoms with van der Waals surface area (Å²) in [6, 6.07) is 5.82. The molecule has 2 aromatic rings. The van der Waals surface area contributed by atoms with Gasteiger partial charge in [0.15, 0.2) is 0 Å². The van der Waals surface area contributed by atoms with Crippen LogP contribution in [0.25, 0.3) is 0 Å². The van der Waals surface area contributed by atoms with Gasteiger partial charge in [0.05, 0.1) is 18.4 Å². The van der Waals surface area contributed by atoms with Crippen LogP contribution in [0.3, 0.4) is 0 Å². The van der Waals surface area contributed by atoms with Gasteiger partial charge in [0.2, 0.25) is 0 Å². The first-order chi connectivity index (χ1) is 7.65. The predicted octanol–water partition coefficient (Wildman–Crippen LogP) is 3.29. The van der Waals surface area contributed by atoms with Crippen molar-refractivity contribution in [2.45, 2.75) is 20.4 Å². The minimum absolute atomic E-state index is 0.739. The number of halogens is 1. The van der Waals surface area contributed by atoms with Crippen LogP contribution < -0.4 is 5.32 Å². The van der Waals surface area contributed by atoms with Gasteiger partial charge in [-0.3, -0.25) is 0 Å². The van der Waals surface area contributed by atoms with Crippen molar-refractivity contribution in [3.63, 3.8) is 0 Å². The van der Waals surface area contributed by atoms with Gasteiger partial charge in [0.25, 0.3) is 0 Å². The van der Waals surface area contributed by atoms with E-state index in [0.717, 1.165) is 34.3 Å². The summed E-state index contributed by atoms with van der Waals surface area (Å²) in [5.41, 5.74) is 3.31. The highest BCUT2D eigenvalue weighted by Gasteiger charge is 2.00. The monoisotopic (exact) mass is 235 g/mol. The molecule has 0 radical (unpaired) electrons. The van der Waals surface area contributed by atoms with E-state index in [1.54, 1.807) is 0 Å². The van der Waals surface area contributed by atoms with E-state index in [4.69, 9.17) is 11.6 Å². The van der Waals surface area contributed by atoms with Crippen LogP contribution in [-0.4, -0.2) is 9.97 Å². The van der Waals surface area contributed by atoms with Crippen LogP contribution in [0.15, 0.2) is 24.4 Å². The smallest absolute Gasteiger partial charge is 0.103 e. The number of nitrogens with one attached hydrogen (secondary N) is 2. The first-order valence-corrected chi connectivity index (χ1v) is 5.53. The molecule has 0 aliphatic rings. The van der Waals surface area contributed by atoms with E-state index in [-0.39, 0.29) is 0 Å². The maximum Gasteiger partial charge on any atom is 0.103 e. The molecule has 3 nitrogen and oxygen atoms in total. The number of aromatic nitrogens is 2. The lowest BCUT2D eigenvalue weighted by atomic mass is 10.2. The summed E-state index contributed by atoms with van der Waals surface area (Å²) < 4.78 is 0. The van der Waals surface area contributed by atoms with Gasteiger partial charge in [-0.25, -0.2) is 4.98 Å². The summed E-state index contributed by atoms with van der Waals surface area (Å²) >= 11 is 5.89. The normalized spacial score (nSPS) is 10.4. The Hall–Kier alpha value is -1.48. The Morgan fingerprint density at radius 1 is 1.38 bits per heavy atom. The summed E-state index contributed by atoms with van der Waals surface area (Å²) in [5.74, 6) is 0.935. The Kier molecular flexibility index (Phi) is 3.15. The fraction of sp³-hybridized carbons (Fsp3) is 0.250.